The Morgan fingerprint density at radius 1 is 0.651 bits per heavy atom. The number of ether oxygens (including phenoxy) is 6. The number of rotatable bonds is 24. The van der Waals surface area contributed by atoms with Crippen molar-refractivity contribution >= 4 is 73.4 Å². The summed E-state index contributed by atoms with van der Waals surface area (Å²) in [5, 5.41) is 21.9. The molecular weight excluding hydrogens is 886 g/mol. The first kappa shape index (κ1) is 51.5. The van der Waals surface area contributed by atoms with Gasteiger partial charge in [0, 0.05) is 12.2 Å². The number of imidazole rings is 2. The fourth-order valence-corrected chi connectivity index (χ4v) is 6.05. The van der Waals surface area contributed by atoms with E-state index >= 15 is 0 Å². The summed E-state index contributed by atoms with van der Waals surface area (Å²) in [6.07, 6.45) is 1.51. The molecule has 0 aliphatic carbocycles. The van der Waals surface area contributed by atoms with E-state index in [1.54, 1.807) is 50.7 Å². The molecule has 4 aromatic rings. The summed E-state index contributed by atoms with van der Waals surface area (Å²) in [6, 6.07) is 0. The number of carboxylic acid groups (broad SMARTS) is 2. The third-order valence-corrected chi connectivity index (χ3v) is 9.13. The number of carboxylic acids is 2. The Balaban J connectivity index is 0.00000120. The second-order valence-electron chi connectivity index (χ2n) is 13.2. The van der Waals surface area contributed by atoms with Crippen LogP contribution in [0.15, 0.2) is 37.5 Å². The van der Waals surface area contributed by atoms with Crippen LogP contribution in [0.4, 0.5) is 21.2 Å². The molecule has 0 saturated carbocycles. The van der Waals surface area contributed by atoms with Crippen molar-refractivity contribution in [2.75, 3.05) is 43.6 Å². The Bertz CT molecular complexity index is 2120. The minimum Gasteiger partial charge on any atom is -0.478 e. The second-order valence-corrected chi connectivity index (χ2v) is 16.8. The molecule has 28 nitrogen and oxygen atoms in total. The Morgan fingerprint density at radius 3 is 1.38 bits per heavy atom. The number of carbonyl (C=O) groups excluding carboxylic acids is 2. The Morgan fingerprint density at radius 2 is 1.03 bits per heavy atom. The fourth-order valence-electron chi connectivity index (χ4n) is 4.58. The molecule has 0 aromatic carbocycles. The quantitative estimate of drug-likeness (QED) is 0.0254. The van der Waals surface area contributed by atoms with Crippen LogP contribution in [0.5, 0.6) is 0 Å². The van der Waals surface area contributed by atoms with Crippen LogP contribution < -0.4 is 10.6 Å². The van der Waals surface area contributed by atoms with Crippen LogP contribution >= 0.6 is 15.2 Å². The van der Waals surface area contributed by atoms with Crippen LogP contribution in [-0.4, -0.2) is 141 Å². The molecule has 4 heterocycles. The van der Waals surface area contributed by atoms with Crippen LogP contribution in [0.1, 0.15) is 41.5 Å². The van der Waals surface area contributed by atoms with Gasteiger partial charge in [-0.1, -0.05) is 0 Å². The topological polar surface area (TPSA) is 368 Å². The van der Waals surface area contributed by atoms with Gasteiger partial charge in [0.1, 0.15) is 36.4 Å². The van der Waals surface area contributed by atoms with Gasteiger partial charge in [-0.25, -0.2) is 49.1 Å². The van der Waals surface area contributed by atoms with E-state index in [2.05, 4.69) is 50.0 Å². The van der Waals surface area contributed by atoms with E-state index in [4.69, 9.17) is 38.2 Å². The van der Waals surface area contributed by atoms with Crippen LogP contribution in [0.2, 0.25) is 0 Å². The maximum absolute atomic E-state index is 12.3. The SMILES string of the molecule is CC(C)OC(=O)OCOP(=O)(O)CO[C@H](C)Cn1cnc2c(NCNc3ncnc4c3ncn4C[C@@H](C)OCP(=O)(O)OCOC(=O)OC(C)C)ncnc21.O=C(O)/C=C/C(=O)O. The number of fused-ring (bicyclic) bond motifs is 2. The van der Waals surface area contributed by atoms with E-state index < -0.39 is 90.1 Å². The average molecular weight is 935 g/mol. The highest BCUT2D eigenvalue weighted by atomic mass is 31.2. The van der Waals surface area contributed by atoms with Gasteiger partial charge in [-0.3, -0.25) is 18.2 Å². The summed E-state index contributed by atoms with van der Waals surface area (Å²) in [4.78, 5) is 88.0. The van der Waals surface area contributed by atoms with Crippen molar-refractivity contribution in [3.8, 4) is 0 Å². The molecule has 0 saturated heterocycles. The Labute approximate surface area is 357 Å². The van der Waals surface area contributed by atoms with E-state index in [9.17, 15) is 38.1 Å². The first-order valence-corrected chi connectivity index (χ1v) is 21.9. The predicted molar refractivity (Wildman–Crippen MR) is 215 cm³/mol. The Kier molecular flexibility index (Phi) is 20.2. The zero-order chi connectivity index (χ0) is 46.7. The third-order valence-electron chi connectivity index (χ3n) is 7.16. The number of nitrogens with one attached hydrogen (secondary N) is 2. The van der Waals surface area contributed by atoms with E-state index in [-0.39, 0.29) is 19.8 Å². The summed E-state index contributed by atoms with van der Waals surface area (Å²) in [5.41, 5.74) is 1.83. The van der Waals surface area contributed by atoms with Gasteiger partial charge < -0.3 is 68.2 Å². The zero-order valence-electron chi connectivity index (χ0n) is 34.7. The lowest BCUT2D eigenvalue weighted by Gasteiger charge is -2.17. The summed E-state index contributed by atoms with van der Waals surface area (Å²) in [7, 11) is -8.48. The average Bonchev–Trinajstić information content (AvgIpc) is 3.80. The number of nitrogens with zero attached hydrogens (tertiary/aromatic N) is 8. The molecule has 2 unspecified atom stereocenters. The van der Waals surface area contributed by atoms with Crippen molar-refractivity contribution in [3.05, 3.63) is 37.5 Å². The summed E-state index contributed by atoms with van der Waals surface area (Å²) in [5.74, 6) is -1.70. The highest BCUT2D eigenvalue weighted by Crippen LogP contribution is 2.42. The molecule has 4 aromatic heterocycles. The van der Waals surface area contributed by atoms with E-state index in [0.29, 0.717) is 46.1 Å². The van der Waals surface area contributed by atoms with Crippen molar-refractivity contribution in [2.24, 2.45) is 0 Å². The molecular formula is C33H48N10O18P2. The smallest absolute Gasteiger partial charge is 0.478 e. The highest BCUT2D eigenvalue weighted by molar-refractivity contribution is 7.52. The van der Waals surface area contributed by atoms with Gasteiger partial charge in [-0.15, -0.1) is 0 Å². The Hall–Kier alpha value is -5.86. The fraction of sp³-hybridized carbons (Fsp3) is 0.515. The van der Waals surface area contributed by atoms with E-state index in [1.807, 2.05) is 0 Å². The molecule has 4 rings (SSSR count). The first-order valence-electron chi connectivity index (χ1n) is 18.4. The van der Waals surface area contributed by atoms with Gasteiger partial charge in [0.15, 0.2) is 22.9 Å². The standard InChI is InChI=1S/C29H44N10O14P2.C4H4O4/c1-18(2)52-28(40)46-14-50-54(42,43)16-48-20(5)7-38-12-36-22-24(32-10-34-26(22)38)30-9-31-25-23-27(35-11-33-25)39(13-37-23)8-21(6)49-17-55(44,45)51-15-47-29(41)53-19(3)4;5-3(6)1-2-4(7)8/h10-13,18-21H,7-9,14-17H2,1-6H3,(H,42,43)(H,44,45)(H,30,32,34)(H,31,33,35);1-2H,(H,5,6)(H,7,8)/b;2-1+/t20-,21-;/m1./s1. The minimum absolute atomic E-state index is 0.145. The van der Waals surface area contributed by atoms with Gasteiger partial charge in [-0.05, 0) is 41.5 Å². The van der Waals surface area contributed by atoms with Crippen molar-refractivity contribution in [2.45, 2.75) is 79.0 Å². The second kappa shape index (κ2) is 24.7. The molecule has 6 N–H and O–H groups in total. The molecule has 0 amide bonds. The van der Waals surface area contributed by atoms with Gasteiger partial charge >= 0.3 is 39.4 Å². The van der Waals surface area contributed by atoms with Crippen molar-refractivity contribution < 1.29 is 85.8 Å². The van der Waals surface area contributed by atoms with Crippen LogP contribution in [-0.2, 0) is 69.3 Å². The lowest BCUT2D eigenvalue weighted by molar-refractivity contribution is -0.134. The molecule has 0 fully saturated rings. The van der Waals surface area contributed by atoms with E-state index in [0.717, 1.165) is 0 Å². The molecule has 4 atom stereocenters. The van der Waals surface area contributed by atoms with Crippen molar-refractivity contribution in [3.63, 3.8) is 0 Å². The minimum atomic E-state index is -4.24. The lowest BCUT2D eigenvalue weighted by Crippen LogP contribution is -2.19. The predicted octanol–water partition coefficient (Wildman–Crippen LogP) is 3.33. The molecule has 0 spiro atoms. The van der Waals surface area contributed by atoms with Crippen LogP contribution in [0, 0.1) is 0 Å². The summed E-state index contributed by atoms with van der Waals surface area (Å²) >= 11 is 0. The molecule has 63 heavy (non-hydrogen) atoms. The highest BCUT2D eigenvalue weighted by Gasteiger charge is 2.25. The normalized spacial score (nSPS) is 14.3. The number of aromatic nitrogens is 8. The lowest BCUT2D eigenvalue weighted by atomic mass is 10.4. The molecule has 30 heteroatoms. The summed E-state index contributed by atoms with van der Waals surface area (Å²) < 4.78 is 67.2. The van der Waals surface area contributed by atoms with Crippen molar-refractivity contribution in [1.29, 1.82) is 0 Å². The van der Waals surface area contributed by atoms with Gasteiger partial charge in [-0.2, -0.15) is 0 Å². The molecule has 0 radical (unpaired) electrons. The first-order chi connectivity index (χ1) is 29.6. The number of hydrogen-bond donors (Lipinski definition) is 6. The maximum atomic E-state index is 12.3. The summed E-state index contributed by atoms with van der Waals surface area (Å²) in [6.45, 7) is 8.87. The number of carbonyl (C=O) groups is 4. The van der Waals surface area contributed by atoms with Gasteiger partial charge in [0.2, 0.25) is 13.6 Å². The van der Waals surface area contributed by atoms with Gasteiger partial charge in [0.25, 0.3) is 0 Å². The molecule has 0 aliphatic heterocycles. The molecule has 0 aliphatic rings. The third kappa shape index (κ3) is 19.0. The van der Waals surface area contributed by atoms with Crippen molar-refractivity contribution in [1.82, 2.24) is 39.0 Å². The van der Waals surface area contributed by atoms with Crippen LogP contribution in [0.3, 0.4) is 0 Å². The van der Waals surface area contributed by atoms with Crippen LogP contribution in [0.25, 0.3) is 22.3 Å². The molecule has 348 valence electrons. The van der Waals surface area contributed by atoms with Gasteiger partial charge in [0.05, 0.1) is 56.8 Å². The maximum Gasteiger partial charge on any atom is 0.510 e. The number of anilines is 2. The monoisotopic (exact) mass is 934 g/mol. The molecule has 0 bridgehead atoms. The zero-order valence-corrected chi connectivity index (χ0v) is 36.5. The largest absolute Gasteiger partial charge is 0.510 e. The van der Waals surface area contributed by atoms with E-state index in [1.165, 1.54) is 25.3 Å². The number of aliphatic carboxylic acids is 2. The number of hydrogen-bond acceptors (Lipinski definition) is 22.